The molecule has 0 saturated carbocycles. The molecule has 3 aromatic rings. The van der Waals surface area contributed by atoms with Crippen molar-refractivity contribution in [2.45, 2.75) is 0 Å². The van der Waals surface area contributed by atoms with Gasteiger partial charge in [-0.05, 0) is 36.4 Å². The number of imide groups is 1. The maximum absolute atomic E-state index is 13.5. The van der Waals surface area contributed by atoms with Crippen molar-refractivity contribution >= 4 is 75.6 Å². The number of halogens is 5. The number of hydrogen-bond donors (Lipinski definition) is 0. The highest BCUT2D eigenvalue weighted by Crippen LogP contribution is 2.45. The predicted octanol–water partition coefficient (Wildman–Crippen LogP) is 5.88. The van der Waals surface area contributed by atoms with Crippen molar-refractivity contribution < 1.29 is 28.5 Å². The number of amides is 3. The van der Waals surface area contributed by atoms with Crippen LogP contribution in [0.4, 0.5) is 10.1 Å². The molecule has 0 saturated heterocycles. The van der Waals surface area contributed by atoms with Crippen molar-refractivity contribution in [1.82, 2.24) is 10.0 Å². The maximum Gasteiger partial charge on any atom is 0.282 e. The smallest absolute Gasteiger partial charge is 0.282 e. The van der Waals surface area contributed by atoms with Gasteiger partial charge in [0.1, 0.15) is 12.4 Å². The van der Waals surface area contributed by atoms with Crippen molar-refractivity contribution in [2.75, 3.05) is 6.54 Å². The summed E-state index contributed by atoms with van der Waals surface area (Å²) in [6.45, 7) is -0.858. The van der Waals surface area contributed by atoms with Crippen LogP contribution in [-0.2, 0) is 0 Å². The number of nitro groups is 1. The Morgan fingerprint density at radius 2 is 1.27 bits per heavy atom. The summed E-state index contributed by atoms with van der Waals surface area (Å²) in [4.78, 5) is 63.4. The summed E-state index contributed by atoms with van der Waals surface area (Å²) in [5, 5.41) is 10.5. The van der Waals surface area contributed by atoms with Gasteiger partial charge in [0.05, 0.1) is 36.1 Å². The van der Waals surface area contributed by atoms with E-state index in [1.165, 1.54) is 0 Å². The zero-order valence-corrected chi connectivity index (χ0v) is 21.0. The van der Waals surface area contributed by atoms with Gasteiger partial charge in [0.25, 0.3) is 23.4 Å². The number of nitro benzene ring substituents is 1. The Balaban J connectivity index is 1.81. The van der Waals surface area contributed by atoms with Crippen molar-refractivity contribution in [3.8, 4) is 0 Å². The Morgan fingerprint density at radius 3 is 1.73 bits per heavy atom. The van der Waals surface area contributed by atoms with Gasteiger partial charge in [-0.15, -0.1) is 0 Å². The van der Waals surface area contributed by atoms with Crippen molar-refractivity contribution in [3.63, 3.8) is 0 Å². The first-order chi connectivity index (χ1) is 17.4. The highest BCUT2D eigenvalue weighted by molar-refractivity contribution is 6.55. The van der Waals surface area contributed by atoms with E-state index in [0.29, 0.717) is 10.0 Å². The normalized spacial score (nSPS) is 12.5. The molecular formula is C23H10Cl4FN3O6. The fourth-order valence-corrected chi connectivity index (χ4v) is 4.54. The summed E-state index contributed by atoms with van der Waals surface area (Å²) in [7, 11) is 0. The second-order valence-electron chi connectivity index (χ2n) is 7.52. The van der Waals surface area contributed by atoms with Crippen LogP contribution >= 0.6 is 46.4 Å². The third kappa shape index (κ3) is 4.64. The first kappa shape index (κ1) is 26.5. The summed E-state index contributed by atoms with van der Waals surface area (Å²) >= 11 is 24.4. The summed E-state index contributed by atoms with van der Waals surface area (Å²) in [5.41, 5.74) is -1.40. The number of hydrazine groups is 1. The van der Waals surface area contributed by atoms with Gasteiger partial charge in [0, 0.05) is 23.3 Å². The molecule has 0 aliphatic carbocycles. The highest BCUT2D eigenvalue weighted by atomic mass is 35.5. The molecule has 188 valence electrons. The monoisotopic (exact) mass is 583 g/mol. The molecule has 1 aliphatic rings. The van der Waals surface area contributed by atoms with E-state index in [4.69, 9.17) is 46.4 Å². The van der Waals surface area contributed by atoms with E-state index in [2.05, 4.69) is 0 Å². The van der Waals surface area contributed by atoms with Gasteiger partial charge in [-0.2, -0.15) is 5.01 Å². The fourth-order valence-electron chi connectivity index (χ4n) is 3.53. The van der Waals surface area contributed by atoms with E-state index >= 15 is 0 Å². The molecule has 0 atom stereocenters. The van der Waals surface area contributed by atoms with E-state index in [0.717, 1.165) is 48.5 Å². The minimum absolute atomic E-state index is 0.0262. The van der Waals surface area contributed by atoms with Gasteiger partial charge in [-0.25, -0.2) is 9.40 Å². The SMILES string of the molecule is O=C(CN(C(=O)c1ccc([N+](=O)[O-])cc1)N1C(=O)c2c(Cl)c(Cl)c(Cl)c(Cl)c2C1=O)c1ccc(F)cc1. The Bertz CT molecular complexity index is 1470. The molecule has 0 radical (unpaired) electrons. The lowest BCUT2D eigenvalue weighted by Crippen LogP contribution is -2.51. The van der Waals surface area contributed by atoms with Crippen molar-refractivity contribution in [1.29, 1.82) is 0 Å². The topological polar surface area (TPSA) is 118 Å². The molecular weight excluding hydrogens is 575 g/mol. The average Bonchev–Trinajstić information content (AvgIpc) is 3.14. The van der Waals surface area contributed by atoms with Gasteiger partial charge in [-0.1, -0.05) is 46.4 Å². The second kappa shape index (κ2) is 10.1. The molecule has 1 aliphatic heterocycles. The summed E-state index contributed by atoms with van der Waals surface area (Å²) in [6.07, 6.45) is 0. The second-order valence-corrected chi connectivity index (χ2v) is 9.04. The Hall–Kier alpha value is -3.57. The number of non-ortho nitro benzene ring substituents is 1. The Morgan fingerprint density at radius 1 is 0.811 bits per heavy atom. The van der Waals surface area contributed by atoms with Crippen LogP contribution in [0.3, 0.4) is 0 Å². The molecule has 1 heterocycles. The lowest BCUT2D eigenvalue weighted by atomic mass is 10.1. The number of fused-ring (bicyclic) bond motifs is 1. The van der Waals surface area contributed by atoms with Crippen LogP contribution in [0.15, 0.2) is 48.5 Å². The quantitative estimate of drug-likeness (QED) is 0.0891. The number of ketones is 1. The molecule has 9 nitrogen and oxygen atoms in total. The fraction of sp³-hybridized carbons (Fsp3) is 0.0435. The van der Waals surface area contributed by atoms with E-state index in [1.54, 1.807) is 0 Å². The number of hydrogen-bond acceptors (Lipinski definition) is 6. The van der Waals surface area contributed by atoms with Crippen LogP contribution < -0.4 is 0 Å². The van der Waals surface area contributed by atoms with Crippen LogP contribution in [-0.4, -0.2) is 45.0 Å². The summed E-state index contributed by atoms with van der Waals surface area (Å²) < 4.78 is 13.3. The van der Waals surface area contributed by atoms with E-state index in [1.807, 2.05) is 0 Å². The molecule has 0 N–H and O–H groups in total. The number of benzene rings is 3. The molecule has 4 rings (SSSR count). The van der Waals surface area contributed by atoms with Crippen LogP contribution in [0.5, 0.6) is 0 Å². The largest absolute Gasteiger partial charge is 0.292 e. The Kier molecular flexibility index (Phi) is 7.20. The van der Waals surface area contributed by atoms with Gasteiger partial charge < -0.3 is 0 Å². The zero-order chi connectivity index (χ0) is 27.2. The van der Waals surface area contributed by atoms with Gasteiger partial charge >= 0.3 is 0 Å². The molecule has 0 bridgehead atoms. The molecule has 0 aromatic heterocycles. The molecule has 0 unspecified atom stereocenters. The van der Waals surface area contributed by atoms with E-state index in [-0.39, 0.29) is 36.9 Å². The van der Waals surface area contributed by atoms with Gasteiger partial charge in [0.15, 0.2) is 5.78 Å². The molecule has 37 heavy (non-hydrogen) atoms. The number of Topliss-reactive ketones (excluding diaryl/α,β-unsaturated/α-hetero) is 1. The van der Waals surface area contributed by atoms with Crippen LogP contribution in [0.1, 0.15) is 41.4 Å². The van der Waals surface area contributed by atoms with E-state index < -0.39 is 51.9 Å². The Labute approximate surface area is 227 Å². The molecule has 0 fully saturated rings. The minimum atomic E-state index is -1.12. The first-order valence-corrected chi connectivity index (χ1v) is 11.5. The van der Waals surface area contributed by atoms with E-state index in [9.17, 15) is 33.7 Å². The van der Waals surface area contributed by atoms with Gasteiger partial charge in [-0.3, -0.25) is 29.3 Å². The van der Waals surface area contributed by atoms with Crippen molar-refractivity contribution in [3.05, 3.63) is 107 Å². The third-order valence-corrected chi connectivity index (χ3v) is 7.14. The van der Waals surface area contributed by atoms with Gasteiger partial charge in [0.2, 0.25) is 0 Å². The third-order valence-electron chi connectivity index (χ3n) is 5.34. The highest BCUT2D eigenvalue weighted by Gasteiger charge is 2.46. The lowest BCUT2D eigenvalue weighted by molar-refractivity contribution is -0.384. The average molecular weight is 585 g/mol. The maximum atomic E-state index is 13.5. The predicted molar refractivity (Wildman–Crippen MR) is 132 cm³/mol. The molecule has 3 amide bonds. The first-order valence-electron chi connectivity index (χ1n) is 10.0. The van der Waals surface area contributed by atoms with Crippen LogP contribution in [0.25, 0.3) is 0 Å². The number of carbonyl (C=O) groups is 4. The molecule has 3 aromatic carbocycles. The van der Waals surface area contributed by atoms with Crippen molar-refractivity contribution in [2.24, 2.45) is 0 Å². The van der Waals surface area contributed by atoms with Crippen LogP contribution in [0, 0.1) is 15.9 Å². The number of rotatable bonds is 6. The summed E-state index contributed by atoms with van der Waals surface area (Å²) in [5.74, 6) is -4.65. The molecule has 14 heteroatoms. The zero-order valence-electron chi connectivity index (χ0n) is 18.0. The lowest BCUT2D eigenvalue weighted by Gasteiger charge is -2.29. The molecule has 0 spiro atoms. The van der Waals surface area contributed by atoms with Crippen LogP contribution in [0.2, 0.25) is 20.1 Å². The number of carbonyl (C=O) groups excluding carboxylic acids is 4. The number of nitrogens with zero attached hydrogens (tertiary/aromatic N) is 3. The minimum Gasteiger partial charge on any atom is -0.292 e. The summed E-state index contributed by atoms with van der Waals surface area (Å²) in [6, 6.07) is 8.57. The standard InChI is InChI=1S/C23H10Cl4FN3O6/c24-17-15-16(18(25)20(27)19(17)26)23(35)30(22(15)34)29(9-14(32)10-1-5-12(28)6-2-10)21(33)11-3-7-13(8-4-11)31(36)37/h1-8H,9H2.